The van der Waals surface area contributed by atoms with Crippen molar-refractivity contribution in [2.24, 2.45) is 0 Å². The third-order valence-electron chi connectivity index (χ3n) is 2.78. The van der Waals surface area contributed by atoms with Gasteiger partial charge in [-0.25, -0.2) is 4.98 Å². The minimum Gasteiger partial charge on any atom is -0.345 e. The van der Waals surface area contributed by atoms with E-state index in [1.807, 2.05) is 25.1 Å². The Balaban J connectivity index is 2.15. The second kappa shape index (κ2) is 6.44. The summed E-state index contributed by atoms with van der Waals surface area (Å²) in [5.74, 6) is -0.288. The van der Waals surface area contributed by atoms with Gasteiger partial charge in [-0.15, -0.1) is 0 Å². The molecule has 1 unspecified atom stereocenters. The van der Waals surface area contributed by atoms with Crippen LogP contribution in [0.5, 0.6) is 0 Å². The summed E-state index contributed by atoms with van der Waals surface area (Å²) < 4.78 is 0. The quantitative estimate of drug-likeness (QED) is 0.840. The van der Waals surface area contributed by atoms with Gasteiger partial charge in [-0.2, -0.15) is 0 Å². The molecule has 0 fully saturated rings. The molecule has 104 valence electrons. The van der Waals surface area contributed by atoms with Gasteiger partial charge in [0.25, 0.3) is 5.91 Å². The van der Waals surface area contributed by atoms with Crippen LogP contribution in [0.3, 0.4) is 0 Å². The molecule has 1 amide bonds. The Kier molecular flexibility index (Phi) is 4.86. The van der Waals surface area contributed by atoms with Crippen LogP contribution in [-0.4, -0.2) is 10.9 Å². The van der Waals surface area contributed by atoms with Gasteiger partial charge in [0.1, 0.15) is 5.15 Å². The van der Waals surface area contributed by atoms with Crippen LogP contribution in [0, 0.1) is 0 Å². The largest absolute Gasteiger partial charge is 0.345 e. The number of aromatic nitrogens is 1. The van der Waals surface area contributed by atoms with Gasteiger partial charge in [-0.1, -0.05) is 53.0 Å². The zero-order valence-corrected chi connectivity index (χ0v) is 12.8. The average Bonchev–Trinajstić information content (AvgIpc) is 2.42. The van der Waals surface area contributed by atoms with Crippen LogP contribution in [-0.2, 0) is 0 Å². The summed E-state index contributed by atoms with van der Waals surface area (Å²) in [5.41, 5.74) is 1.19. The third kappa shape index (κ3) is 3.42. The lowest BCUT2D eigenvalue weighted by atomic mass is 10.1. The maximum Gasteiger partial charge on any atom is 0.253 e. The van der Waals surface area contributed by atoms with Crippen molar-refractivity contribution in [1.29, 1.82) is 0 Å². The lowest BCUT2D eigenvalue weighted by Crippen LogP contribution is -2.26. The van der Waals surface area contributed by atoms with Crippen molar-refractivity contribution in [1.82, 2.24) is 10.3 Å². The van der Waals surface area contributed by atoms with Crippen LogP contribution in [0.1, 0.15) is 28.9 Å². The molecule has 6 heteroatoms. The van der Waals surface area contributed by atoms with Crippen LogP contribution in [0.2, 0.25) is 15.2 Å². The highest BCUT2D eigenvalue weighted by molar-refractivity contribution is 6.41. The van der Waals surface area contributed by atoms with E-state index >= 15 is 0 Å². The molecule has 0 aliphatic heterocycles. The van der Waals surface area contributed by atoms with Crippen LogP contribution in [0.15, 0.2) is 36.5 Å². The van der Waals surface area contributed by atoms with E-state index in [1.54, 1.807) is 6.07 Å². The van der Waals surface area contributed by atoms with Crippen molar-refractivity contribution in [3.05, 3.63) is 62.9 Å². The Morgan fingerprint density at radius 1 is 1.20 bits per heavy atom. The van der Waals surface area contributed by atoms with E-state index in [0.29, 0.717) is 10.6 Å². The fourth-order valence-corrected chi connectivity index (χ4v) is 2.30. The van der Waals surface area contributed by atoms with Gasteiger partial charge >= 0.3 is 0 Å². The normalized spacial score (nSPS) is 12.0. The second-order valence-corrected chi connectivity index (χ2v) is 5.39. The number of carbonyl (C=O) groups excluding carboxylic acids is 1. The minimum atomic E-state index is -0.288. The first kappa shape index (κ1) is 15.1. The molecule has 1 heterocycles. The molecule has 1 aromatic carbocycles. The molecule has 0 aliphatic rings. The number of rotatable bonds is 3. The van der Waals surface area contributed by atoms with E-state index in [4.69, 9.17) is 34.8 Å². The molecule has 0 saturated heterocycles. The van der Waals surface area contributed by atoms with Crippen LogP contribution in [0.4, 0.5) is 0 Å². The predicted molar refractivity (Wildman–Crippen MR) is 81.6 cm³/mol. The van der Waals surface area contributed by atoms with Crippen molar-refractivity contribution in [3.63, 3.8) is 0 Å². The highest BCUT2D eigenvalue weighted by Gasteiger charge is 2.14. The van der Waals surface area contributed by atoms with E-state index in [2.05, 4.69) is 10.3 Å². The lowest BCUT2D eigenvalue weighted by molar-refractivity contribution is 0.0939. The van der Waals surface area contributed by atoms with E-state index in [0.717, 1.165) is 5.56 Å². The number of nitrogens with one attached hydrogen (secondary N) is 1. The molecule has 1 aromatic heterocycles. The van der Waals surface area contributed by atoms with E-state index in [-0.39, 0.29) is 22.1 Å². The molecular formula is C14H11Cl3N2O. The molecule has 0 spiro atoms. The lowest BCUT2D eigenvalue weighted by Gasteiger charge is -2.15. The Morgan fingerprint density at radius 2 is 1.90 bits per heavy atom. The number of pyridine rings is 1. The molecular weight excluding hydrogens is 319 g/mol. The molecule has 2 aromatic rings. The SMILES string of the molecule is CC(NC(=O)c1cnc(Cl)c(Cl)c1)c1ccccc1Cl. The van der Waals surface area contributed by atoms with Gasteiger partial charge in [-0.3, -0.25) is 4.79 Å². The molecule has 20 heavy (non-hydrogen) atoms. The number of amides is 1. The average molecular weight is 330 g/mol. The van der Waals surface area contributed by atoms with E-state index < -0.39 is 0 Å². The summed E-state index contributed by atoms with van der Waals surface area (Å²) in [5, 5.41) is 3.85. The summed E-state index contributed by atoms with van der Waals surface area (Å²) in [7, 11) is 0. The summed E-state index contributed by atoms with van der Waals surface area (Å²) in [6.07, 6.45) is 1.38. The van der Waals surface area contributed by atoms with Crippen LogP contribution < -0.4 is 5.32 Å². The molecule has 2 rings (SSSR count). The minimum absolute atomic E-state index is 0.169. The van der Waals surface area contributed by atoms with Gasteiger partial charge in [0, 0.05) is 11.2 Å². The number of benzene rings is 1. The Hall–Kier alpha value is -1.29. The first-order valence-corrected chi connectivity index (χ1v) is 6.98. The molecule has 0 saturated carbocycles. The predicted octanol–water partition coefficient (Wildman–Crippen LogP) is 4.53. The zero-order valence-electron chi connectivity index (χ0n) is 10.5. The van der Waals surface area contributed by atoms with Crippen LogP contribution in [0.25, 0.3) is 0 Å². The van der Waals surface area contributed by atoms with Crippen molar-refractivity contribution in [3.8, 4) is 0 Å². The van der Waals surface area contributed by atoms with Crippen LogP contribution >= 0.6 is 34.8 Å². The topological polar surface area (TPSA) is 42.0 Å². The number of nitrogens with zero attached hydrogens (tertiary/aromatic N) is 1. The van der Waals surface area contributed by atoms with Gasteiger partial charge in [0.15, 0.2) is 0 Å². The van der Waals surface area contributed by atoms with Gasteiger partial charge in [-0.05, 0) is 24.6 Å². The Bertz CT molecular complexity index is 646. The summed E-state index contributed by atoms with van der Waals surface area (Å²) in [4.78, 5) is 16.0. The third-order valence-corrected chi connectivity index (χ3v) is 3.81. The van der Waals surface area contributed by atoms with Gasteiger partial charge in [0.2, 0.25) is 0 Å². The maximum absolute atomic E-state index is 12.1. The second-order valence-electron chi connectivity index (χ2n) is 4.21. The fraction of sp³-hybridized carbons (Fsp3) is 0.143. The molecule has 0 aliphatic carbocycles. The molecule has 0 bridgehead atoms. The van der Waals surface area contributed by atoms with E-state index in [9.17, 15) is 4.79 Å². The maximum atomic E-state index is 12.1. The number of hydrogen-bond donors (Lipinski definition) is 1. The summed E-state index contributed by atoms with van der Waals surface area (Å²) in [6.45, 7) is 1.85. The first-order valence-electron chi connectivity index (χ1n) is 5.85. The zero-order chi connectivity index (χ0) is 14.7. The highest BCUT2D eigenvalue weighted by Crippen LogP contribution is 2.23. The van der Waals surface area contributed by atoms with Gasteiger partial charge < -0.3 is 5.32 Å². The Labute approximate surface area is 131 Å². The van der Waals surface area contributed by atoms with Crippen molar-refractivity contribution in [2.75, 3.05) is 0 Å². The highest BCUT2D eigenvalue weighted by atomic mass is 35.5. The Morgan fingerprint density at radius 3 is 2.55 bits per heavy atom. The molecule has 0 radical (unpaired) electrons. The van der Waals surface area contributed by atoms with Crippen molar-refractivity contribution < 1.29 is 4.79 Å². The molecule has 3 nitrogen and oxygen atoms in total. The summed E-state index contributed by atoms with van der Waals surface area (Å²) >= 11 is 17.6. The van der Waals surface area contributed by atoms with E-state index in [1.165, 1.54) is 12.3 Å². The monoisotopic (exact) mass is 328 g/mol. The number of hydrogen-bond acceptors (Lipinski definition) is 2. The fourth-order valence-electron chi connectivity index (χ4n) is 1.73. The van der Waals surface area contributed by atoms with Gasteiger partial charge in [0.05, 0.1) is 16.6 Å². The summed E-state index contributed by atoms with van der Waals surface area (Å²) in [6, 6.07) is 8.59. The molecule has 1 atom stereocenters. The first-order chi connectivity index (χ1) is 9.49. The standard InChI is InChI=1S/C14H11Cl3N2O/c1-8(10-4-2-3-5-11(10)15)19-14(20)9-6-12(16)13(17)18-7-9/h2-8H,1H3,(H,19,20). The van der Waals surface area contributed by atoms with Crippen molar-refractivity contribution in [2.45, 2.75) is 13.0 Å². The number of halogens is 3. The smallest absolute Gasteiger partial charge is 0.253 e. The number of carbonyl (C=O) groups is 1. The van der Waals surface area contributed by atoms with Crippen molar-refractivity contribution >= 4 is 40.7 Å². The molecule has 1 N–H and O–H groups in total.